The standard InChI is InChI=1S/C25H38N8O7/c26-16(9-10-20(27)35)21(36)32-18(13-14-5-7-15(34)8-6-14)23(38)33-12-2-4-19(33)22(37)31-17(24(39)40)3-1-11-30-25(28)29/h5-8,16-19,34H,1-4,9-13,26H2,(H2,27,35)(H,31,37)(H,32,36)(H,39,40)(H4,28,29,30). The first-order valence-electron chi connectivity index (χ1n) is 12.9. The SMILES string of the molecule is NC(=O)CCC(N)C(=O)NC(Cc1ccc(O)cc1)C(=O)N1CCCC1C(=O)NC(CCCN=C(N)N)C(=O)O. The summed E-state index contributed by atoms with van der Waals surface area (Å²) in [6, 6.07) is 1.65. The molecule has 15 nitrogen and oxygen atoms in total. The van der Waals surface area contributed by atoms with Gasteiger partial charge in [0.2, 0.25) is 23.6 Å². The zero-order chi connectivity index (χ0) is 29.8. The summed E-state index contributed by atoms with van der Waals surface area (Å²) in [4.78, 5) is 67.4. The zero-order valence-electron chi connectivity index (χ0n) is 22.1. The van der Waals surface area contributed by atoms with Crippen molar-refractivity contribution in [3.8, 4) is 5.75 Å². The second-order valence-electron chi connectivity index (χ2n) is 9.58. The highest BCUT2D eigenvalue weighted by molar-refractivity contribution is 5.94. The Morgan fingerprint density at radius 3 is 2.30 bits per heavy atom. The van der Waals surface area contributed by atoms with Gasteiger partial charge in [-0.15, -0.1) is 0 Å². The van der Waals surface area contributed by atoms with Crippen molar-refractivity contribution in [3.05, 3.63) is 29.8 Å². The van der Waals surface area contributed by atoms with E-state index in [4.69, 9.17) is 22.9 Å². The number of carbonyl (C=O) groups excluding carboxylic acids is 4. The van der Waals surface area contributed by atoms with Crippen LogP contribution in [0.25, 0.3) is 0 Å². The van der Waals surface area contributed by atoms with Crippen molar-refractivity contribution in [1.29, 1.82) is 0 Å². The van der Waals surface area contributed by atoms with E-state index in [1.807, 2.05) is 0 Å². The Morgan fingerprint density at radius 1 is 1.02 bits per heavy atom. The number of hydrogen-bond donors (Lipinski definition) is 8. The van der Waals surface area contributed by atoms with E-state index in [2.05, 4.69) is 15.6 Å². The highest BCUT2D eigenvalue weighted by Crippen LogP contribution is 2.21. The molecule has 1 aromatic carbocycles. The number of rotatable bonds is 15. The number of amides is 4. The fourth-order valence-electron chi connectivity index (χ4n) is 4.31. The fraction of sp³-hybridized carbons (Fsp3) is 0.520. The average molecular weight is 563 g/mol. The maximum atomic E-state index is 13.7. The Bertz CT molecular complexity index is 1090. The lowest BCUT2D eigenvalue weighted by molar-refractivity contribution is -0.145. The molecule has 12 N–H and O–H groups in total. The third-order valence-corrected chi connectivity index (χ3v) is 6.43. The summed E-state index contributed by atoms with van der Waals surface area (Å²) in [6.45, 7) is 0.408. The third kappa shape index (κ3) is 10.1. The molecule has 1 aliphatic heterocycles. The number of carboxylic acid groups (broad SMARTS) is 1. The van der Waals surface area contributed by atoms with Crippen LogP contribution in [-0.2, 0) is 30.4 Å². The van der Waals surface area contributed by atoms with E-state index in [1.54, 1.807) is 12.1 Å². The van der Waals surface area contributed by atoms with E-state index >= 15 is 0 Å². The monoisotopic (exact) mass is 562 g/mol. The van der Waals surface area contributed by atoms with Gasteiger partial charge in [-0.25, -0.2) is 4.79 Å². The predicted octanol–water partition coefficient (Wildman–Crippen LogP) is -2.37. The number of likely N-dealkylation sites (tertiary alicyclic amines) is 1. The summed E-state index contributed by atoms with van der Waals surface area (Å²) in [7, 11) is 0. The molecular formula is C25H38N8O7. The van der Waals surface area contributed by atoms with Gasteiger partial charge in [0.05, 0.1) is 6.04 Å². The number of nitrogens with one attached hydrogen (secondary N) is 2. The van der Waals surface area contributed by atoms with Gasteiger partial charge in [-0.1, -0.05) is 12.1 Å². The zero-order valence-corrected chi connectivity index (χ0v) is 22.1. The summed E-state index contributed by atoms with van der Waals surface area (Å²) < 4.78 is 0. The molecule has 2 rings (SSSR count). The first-order valence-corrected chi connectivity index (χ1v) is 12.9. The highest BCUT2D eigenvalue weighted by atomic mass is 16.4. The van der Waals surface area contributed by atoms with E-state index in [1.165, 1.54) is 17.0 Å². The van der Waals surface area contributed by atoms with E-state index in [-0.39, 0.29) is 50.5 Å². The summed E-state index contributed by atoms with van der Waals surface area (Å²) in [6.07, 6.45) is 1.06. The number of aliphatic imine (C=N–C) groups is 1. The Morgan fingerprint density at radius 2 is 1.70 bits per heavy atom. The molecule has 1 heterocycles. The van der Waals surface area contributed by atoms with Crippen molar-refractivity contribution < 1.29 is 34.2 Å². The molecule has 40 heavy (non-hydrogen) atoms. The van der Waals surface area contributed by atoms with Crippen molar-refractivity contribution in [2.24, 2.45) is 27.9 Å². The van der Waals surface area contributed by atoms with Crippen LogP contribution < -0.4 is 33.6 Å². The molecule has 0 spiro atoms. The lowest BCUT2D eigenvalue weighted by Gasteiger charge is -2.30. The van der Waals surface area contributed by atoms with Crippen molar-refractivity contribution in [3.63, 3.8) is 0 Å². The lowest BCUT2D eigenvalue weighted by Crippen LogP contribution is -2.57. The normalized spacial score (nSPS) is 16.8. The van der Waals surface area contributed by atoms with Gasteiger partial charge in [0.25, 0.3) is 0 Å². The molecule has 4 atom stereocenters. The number of carbonyl (C=O) groups is 5. The van der Waals surface area contributed by atoms with Gasteiger partial charge in [0.15, 0.2) is 5.96 Å². The van der Waals surface area contributed by atoms with E-state index in [0.717, 1.165) is 0 Å². The van der Waals surface area contributed by atoms with Crippen LogP contribution in [0.5, 0.6) is 5.75 Å². The number of phenolic OH excluding ortho intramolecular Hbond substituents is 1. The molecule has 0 radical (unpaired) electrons. The minimum Gasteiger partial charge on any atom is -0.508 e. The first-order chi connectivity index (χ1) is 18.9. The minimum atomic E-state index is -1.24. The first kappa shape index (κ1) is 31.8. The smallest absolute Gasteiger partial charge is 0.326 e. The average Bonchev–Trinajstić information content (AvgIpc) is 3.39. The lowest BCUT2D eigenvalue weighted by atomic mass is 10.0. The number of hydrogen-bond acceptors (Lipinski definition) is 8. The number of guanidine groups is 1. The van der Waals surface area contributed by atoms with Crippen LogP contribution in [0, 0.1) is 0 Å². The Kier molecular flexibility index (Phi) is 12.1. The molecule has 1 fully saturated rings. The van der Waals surface area contributed by atoms with Crippen LogP contribution in [0.3, 0.4) is 0 Å². The molecule has 0 aromatic heterocycles. The maximum Gasteiger partial charge on any atom is 0.326 e. The number of aromatic hydroxyl groups is 1. The van der Waals surface area contributed by atoms with Crippen LogP contribution in [-0.4, -0.2) is 87.9 Å². The minimum absolute atomic E-state index is 0.0181. The maximum absolute atomic E-state index is 13.7. The van der Waals surface area contributed by atoms with Gasteiger partial charge in [0.1, 0.15) is 23.9 Å². The van der Waals surface area contributed by atoms with Gasteiger partial charge >= 0.3 is 5.97 Å². The van der Waals surface area contributed by atoms with Crippen molar-refractivity contribution in [1.82, 2.24) is 15.5 Å². The van der Waals surface area contributed by atoms with Gasteiger partial charge in [0, 0.05) is 25.9 Å². The molecule has 220 valence electrons. The highest BCUT2D eigenvalue weighted by Gasteiger charge is 2.39. The molecule has 4 unspecified atom stereocenters. The van der Waals surface area contributed by atoms with E-state index < -0.39 is 53.8 Å². The van der Waals surface area contributed by atoms with Crippen molar-refractivity contribution in [2.45, 2.75) is 69.1 Å². The second-order valence-corrected chi connectivity index (χ2v) is 9.58. The Hall–Kier alpha value is -4.40. The number of nitrogens with two attached hydrogens (primary N) is 4. The summed E-state index contributed by atoms with van der Waals surface area (Å²) in [5, 5.41) is 24.3. The number of carboxylic acids is 1. The Balaban J connectivity index is 2.17. The summed E-state index contributed by atoms with van der Waals surface area (Å²) >= 11 is 0. The molecule has 4 amide bonds. The molecule has 1 aliphatic rings. The van der Waals surface area contributed by atoms with Gasteiger partial charge < -0.3 is 48.7 Å². The predicted molar refractivity (Wildman–Crippen MR) is 144 cm³/mol. The topological polar surface area (TPSA) is 270 Å². The number of primary amides is 1. The summed E-state index contributed by atoms with van der Waals surface area (Å²) in [5.74, 6) is -3.83. The largest absolute Gasteiger partial charge is 0.508 e. The van der Waals surface area contributed by atoms with E-state index in [9.17, 15) is 34.2 Å². The molecule has 15 heteroatoms. The van der Waals surface area contributed by atoms with Crippen molar-refractivity contribution >= 4 is 35.6 Å². The van der Waals surface area contributed by atoms with Crippen molar-refractivity contribution in [2.75, 3.05) is 13.1 Å². The van der Waals surface area contributed by atoms with Crippen LogP contribution in [0.1, 0.15) is 44.1 Å². The molecule has 0 saturated carbocycles. The van der Waals surface area contributed by atoms with Gasteiger partial charge in [-0.05, 0) is 49.8 Å². The van der Waals surface area contributed by atoms with Crippen LogP contribution in [0.4, 0.5) is 0 Å². The van der Waals surface area contributed by atoms with Crippen LogP contribution >= 0.6 is 0 Å². The number of phenols is 1. The second kappa shape index (κ2) is 15.3. The van der Waals surface area contributed by atoms with Crippen LogP contribution in [0.15, 0.2) is 29.3 Å². The van der Waals surface area contributed by atoms with Gasteiger partial charge in [-0.3, -0.25) is 24.2 Å². The number of benzene rings is 1. The van der Waals surface area contributed by atoms with E-state index in [0.29, 0.717) is 24.8 Å². The molecular weight excluding hydrogens is 524 g/mol. The summed E-state index contributed by atoms with van der Waals surface area (Å²) in [5.41, 5.74) is 22.2. The fourth-order valence-corrected chi connectivity index (χ4v) is 4.31. The number of nitrogens with zero attached hydrogens (tertiary/aromatic N) is 2. The molecule has 0 aliphatic carbocycles. The third-order valence-electron chi connectivity index (χ3n) is 6.43. The molecule has 1 saturated heterocycles. The Labute approximate surface area is 231 Å². The number of aliphatic carboxylic acids is 1. The molecule has 1 aromatic rings. The van der Waals surface area contributed by atoms with Gasteiger partial charge in [-0.2, -0.15) is 0 Å². The quantitative estimate of drug-likeness (QED) is 0.0639. The molecule has 0 bridgehead atoms. The van der Waals surface area contributed by atoms with Crippen LogP contribution in [0.2, 0.25) is 0 Å².